The number of aryl methyl sites for hydroxylation is 2. The zero-order chi connectivity index (χ0) is 19.1. The van der Waals surface area contributed by atoms with Crippen molar-refractivity contribution in [3.05, 3.63) is 41.6 Å². The molecule has 0 radical (unpaired) electrons. The van der Waals surface area contributed by atoms with Gasteiger partial charge in [0.15, 0.2) is 0 Å². The van der Waals surface area contributed by atoms with Crippen LogP contribution in [0.3, 0.4) is 0 Å². The lowest BCUT2D eigenvalue weighted by Crippen LogP contribution is -2.33. The van der Waals surface area contributed by atoms with E-state index in [1.54, 1.807) is 0 Å². The van der Waals surface area contributed by atoms with Crippen LogP contribution in [-0.4, -0.2) is 42.2 Å². The van der Waals surface area contributed by atoms with Crippen molar-refractivity contribution in [2.45, 2.75) is 33.1 Å². The van der Waals surface area contributed by atoms with Crippen molar-refractivity contribution < 1.29 is 4.79 Å². The first-order valence-corrected chi connectivity index (χ1v) is 9.56. The minimum atomic E-state index is -0.222. The average Bonchev–Trinajstić information content (AvgIpc) is 2.67. The molecule has 1 aromatic carbocycles. The highest BCUT2D eigenvalue weighted by atomic mass is 16.2. The number of carbonyl (C=O) groups is 1. The summed E-state index contributed by atoms with van der Waals surface area (Å²) in [6.07, 6.45) is 3.72. The van der Waals surface area contributed by atoms with Gasteiger partial charge in [-0.3, -0.25) is 0 Å². The third-order valence-corrected chi connectivity index (χ3v) is 4.52. The zero-order valence-corrected chi connectivity index (χ0v) is 16.1. The van der Waals surface area contributed by atoms with Crippen molar-refractivity contribution in [3.63, 3.8) is 0 Å². The van der Waals surface area contributed by atoms with E-state index in [4.69, 9.17) is 0 Å². The van der Waals surface area contributed by atoms with Gasteiger partial charge >= 0.3 is 6.03 Å². The number of carbonyl (C=O) groups excluding carboxylic acids is 1. The molecule has 7 nitrogen and oxygen atoms in total. The largest absolute Gasteiger partial charge is 0.356 e. The Kier molecular flexibility index (Phi) is 6.46. The summed E-state index contributed by atoms with van der Waals surface area (Å²) < 4.78 is 0. The van der Waals surface area contributed by atoms with E-state index in [1.807, 2.05) is 44.2 Å². The van der Waals surface area contributed by atoms with Crippen molar-refractivity contribution in [3.8, 4) is 0 Å². The molecule has 0 spiro atoms. The molecule has 3 N–H and O–H groups in total. The molecule has 0 bridgehead atoms. The molecular weight excluding hydrogens is 340 g/mol. The van der Waals surface area contributed by atoms with Gasteiger partial charge in [0.2, 0.25) is 5.95 Å². The summed E-state index contributed by atoms with van der Waals surface area (Å²) >= 11 is 0. The lowest BCUT2D eigenvalue weighted by atomic mass is 10.1. The predicted octanol–water partition coefficient (Wildman–Crippen LogP) is 3.32. The van der Waals surface area contributed by atoms with Gasteiger partial charge in [-0.2, -0.15) is 4.98 Å². The highest BCUT2D eigenvalue weighted by molar-refractivity contribution is 5.89. The summed E-state index contributed by atoms with van der Waals surface area (Å²) in [5, 5.41) is 8.84. The molecule has 2 aromatic rings. The molecule has 1 aromatic heterocycles. The fourth-order valence-electron chi connectivity index (χ4n) is 3.08. The molecule has 0 aliphatic carbocycles. The second-order valence-electron chi connectivity index (χ2n) is 6.91. The summed E-state index contributed by atoms with van der Waals surface area (Å²) in [4.78, 5) is 23.3. The minimum Gasteiger partial charge on any atom is -0.356 e. The number of hydrogen-bond donors (Lipinski definition) is 3. The molecule has 1 aliphatic rings. The van der Waals surface area contributed by atoms with Crippen LogP contribution in [0, 0.1) is 13.8 Å². The molecule has 0 unspecified atom stereocenters. The zero-order valence-electron chi connectivity index (χ0n) is 16.1. The number of nitrogens with one attached hydrogen (secondary N) is 3. The number of piperidine rings is 1. The third-order valence-electron chi connectivity index (χ3n) is 4.52. The molecule has 2 amide bonds. The molecular formula is C20H28N6O. The highest BCUT2D eigenvalue weighted by Gasteiger charge is 2.13. The van der Waals surface area contributed by atoms with Crippen LogP contribution < -0.4 is 20.9 Å². The number of rotatable bonds is 6. The quantitative estimate of drug-likeness (QED) is 0.682. The van der Waals surface area contributed by atoms with Crippen LogP contribution >= 0.6 is 0 Å². The van der Waals surface area contributed by atoms with Crippen molar-refractivity contribution in [2.24, 2.45) is 0 Å². The molecule has 1 saturated heterocycles. The van der Waals surface area contributed by atoms with E-state index in [2.05, 4.69) is 30.8 Å². The van der Waals surface area contributed by atoms with Gasteiger partial charge in [0, 0.05) is 43.6 Å². The molecule has 1 aliphatic heterocycles. The van der Waals surface area contributed by atoms with E-state index in [0.717, 1.165) is 35.9 Å². The third kappa shape index (κ3) is 5.84. The van der Waals surface area contributed by atoms with Gasteiger partial charge in [0.25, 0.3) is 0 Å². The Morgan fingerprint density at radius 3 is 2.52 bits per heavy atom. The van der Waals surface area contributed by atoms with Gasteiger partial charge in [0.05, 0.1) is 0 Å². The SMILES string of the molecule is Cc1ccc(NC(=O)NCCNc2nc(C)cc(N3CCCCC3)n2)cc1. The fourth-order valence-corrected chi connectivity index (χ4v) is 3.08. The second kappa shape index (κ2) is 9.21. The Morgan fingerprint density at radius 1 is 1.04 bits per heavy atom. The van der Waals surface area contributed by atoms with Gasteiger partial charge in [0.1, 0.15) is 5.82 Å². The first-order chi connectivity index (χ1) is 13.1. The number of urea groups is 1. The van der Waals surface area contributed by atoms with E-state index < -0.39 is 0 Å². The Labute approximate surface area is 160 Å². The second-order valence-corrected chi connectivity index (χ2v) is 6.91. The standard InChI is InChI=1S/C20H28N6O/c1-15-6-8-17(9-7-15)24-20(27)22-11-10-21-19-23-16(2)14-18(25-19)26-12-4-3-5-13-26/h6-9,14H,3-5,10-13H2,1-2H3,(H,21,23,25)(H2,22,24,27). The van der Waals surface area contributed by atoms with Gasteiger partial charge < -0.3 is 20.9 Å². The lowest BCUT2D eigenvalue weighted by Gasteiger charge is -2.28. The minimum absolute atomic E-state index is 0.222. The van der Waals surface area contributed by atoms with Crippen LogP contribution in [0.5, 0.6) is 0 Å². The molecule has 7 heteroatoms. The normalized spacial score (nSPS) is 13.9. The summed E-state index contributed by atoms with van der Waals surface area (Å²) in [5.41, 5.74) is 2.88. The Hall–Kier alpha value is -2.83. The maximum absolute atomic E-state index is 11.9. The number of anilines is 3. The molecule has 0 atom stereocenters. The summed E-state index contributed by atoms with van der Waals surface area (Å²) in [6.45, 7) is 7.14. The summed E-state index contributed by atoms with van der Waals surface area (Å²) in [5.74, 6) is 1.59. The lowest BCUT2D eigenvalue weighted by molar-refractivity contribution is 0.252. The van der Waals surface area contributed by atoms with Crippen LogP contribution in [0.4, 0.5) is 22.2 Å². The van der Waals surface area contributed by atoms with Gasteiger partial charge in [-0.05, 0) is 45.2 Å². The number of hydrogen-bond acceptors (Lipinski definition) is 5. The Bertz CT molecular complexity index is 756. The van der Waals surface area contributed by atoms with E-state index in [0.29, 0.717) is 19.0 Å². The predicted molar refractivity (Wildman–Crippen MR) is 110 cm³/mol. The first-order valence-electron chi connectivity index (χ1n) is 9.56. The number of aromatic nitrogens is 2. The molecule has 0 saturated carbocycles. The topological polar surface area (TPSA) is 82.2 Å². The Balaban J connectivity index is 1.45. The Morgan fingerprint density at radius 2 is 1.78 bits per heavy atom. The van der Waals surface area contributed by atoms with Gasteiger partial charge in [-0.15, -0.1) is 0 Å². The van der Waals surface area contributed by atoms with Gasteiger partial charge in [-0.1, -0.05) is 17.7 Å². The van der Waals surface area contributed by atoms with Crippen LogP contribution in [0.1, 0.15) is 30.5 Å². The summed E-state index contributed by atoms with van der Waals surface area (Å²) in [6, 6.07) is 9.51. The maximum Gasteiger partial charge on any atom is 0.319 e. The highest BCUT2D eigenvalue weighted by Crippen LogP contribution is 2.19. The van der Waals surface area contributed by atoms with Crippen LogP contribution in [0.15, 0.2) is 30.3 Å². The number of amides is 2. The number of benzene rings is 1. The molecule has 1 fully saturated rings. The fraction of sp³-hybridized carbons (Fsp3) is 0.450. The van der Waals surface area contributed by atoms with Crippen LogP contribution in [-0.2, 0) is 0 Å². The van der Waals surface area contributed by atoms with Crippen molar-refractivity contribution in [1.82, 2.24) is 15.3 Å². The van der Waals surface area contributed by atoms with Gasteiger partial charge in [-0.25, -0.2) is 9.78 Å². The number of nitrogens with zero attached hydrogens (tertiary/aromatic N) is 3. The summed E-state index contributed by atoms with van der Waals surface area (Å²) in [7, 11) is 0. The van der Waals surface area contributed by atoms with Crippen LogP contribution in [0.2, 0.25) is 0 Å². The smallest absolute Gasteiger partial charge is 0.319 e. The molecule has 144 valence electrons. The van der Waals surface area contributed by atoms with Crippen LogP contribution in [0.25, 0.3) is 0 Å². The molecule has 27 heavy (non-hydrogen) atoms. The van der Waals surface area contributed by atoms with E-state index in [-0.39, 0.29) is 6.03 Å². The molecule has 3 rings (SSSR count). The average molecular weight is 368 g/mol. The monoisotopic (exact) mass is 368 g/mol. The van der Waals surface area contributed by atoms with E-state index >= 15 is 0 Å². The van der Waals surface area contributed by atoms with E-state index in [9.17, 15) is 4.79 Å². The first kappa shape index (κ1) is 18.9. The van der Waals surface area contributed by atoms with Crippen molar-refractivity contribution in [2.75, 3.05) is 41.7 Å². The molecule has 2 heterocycles. The van der Waals surface area contributed by atoms with Crippen molar-refractivity contribution in [1.29, 1.82) is 0 Å². The van der Waals surface area contributed by atoms with Crippen molar-refractivity contribution >= 4 is 23.5 Å². The maximum atomic E-state index is 11.9. The van der Waals surface area contributed by atoms with E-state index in [1.165, 1.54) is 19.3 Å².